The first-order valence-corrected chi connectivity index (χ1v) is 9.07. The molecule has 1 aliphatic carbocycles. The molecule has 1 saturated carbocycles. The van der Waals surface area contributed by atoms with E-state index in [1.165, 1.54) is 18.4 Å². The highest BCUT2D eigenvalue weighted by atomic mass is 32.2. The second-order valence-electron chi connectivity index (χ2n) is 5.79. The van der Waals surface area contributed by atoms with Crippen LogP contribution in [0.3, 0.4) is 0 Å². The SMILES string of the molecule is CS(=O)(=O)C1(c2nc(Cc3ccc(F)cc3)no2)CCCC1. The van der Waals surface area contributed by atoms with E-state index in [2.05, 4.69) is 10.1 Å². The third-order valence-corrected chi connectivity index (χ3v) is 6.26. The van der Waals surface area contributed by atoms with Crippen LogP contribution in [0.1, 0.15) is 43.0 Å². The second-order valence-corrected chi connectivity index (χ2v) is 8.12. The first kappa shape index (κ1) is 15.1. The van der Waals surface area contributed by atoms with Gasteiger partial charge in [-0.15, -0.1) is 0 Å². The predicted molar refractivity (Wildman–Crippen MR) is 78.5 cm³/mol. The van der Waals surface area contributed by atoms with Crippen LogP contribution in [-0.2, 0) is 21.0 Å². The Balaban J connectivity index is 1.88. The van der Waals surface area contributed by atoms with Crippen molar-refractivity contribution in [2.24, 2.45) is 0 Å². The van der Waals surface area contributed by atoms with E-state index in [0.29, 0.717) is 25.1 Å². The number of nitrogens with zero attached hydrogens (tertiary/aromatic N) is 2. The second kappa shape index (κ2) is 5.46. The van der Waals surface area contributed by atoms with Crippen molar-refractivity contribution in [3.8, 4) is 0 Å². The molecule has 118 valence electrons. The lowest BCUT2D eigenvalue weighted by atomic mass is 10.1. The van der Waals surface area contributed by atoms with Gasteiger partial charge in [0.2, 0.25) is 5.89 Å². The van der Waals surface area contributed by atoms with E-state index < -0.39 is 14.6 Å². The molecule has 0 saturated heterocycles. The van der Waals surface area contributed by atoms with Crippen LogP contribution in [0.15, 0.2) is 28.8 Å². The Labute approximate surface area is 128 Å². The van der Waals surface area contributed by atoms with Gasteiger partial charge < -0.3 is 4.52 Å². The molecule has 0 unspecified atom stereocenters. The maximum Gasteiger partial charge on any atom is 0.248 e. The average Bonchev–Trinajstić information content (AvgIpc) is 3.10. The monoisotopic (exact) mass is 324 g/mol. The standard InChI is InChI=1S/C15H17FN2O3S/c1-22(19,20)15(8-2-3-9-15)14-17-13(18-21-14)10-11-4-6-12(16)7-5-11/h4-7H,2-3,8-10H2,1H3. The summed E-state index contributed by atoms with van der Waals surface area (Å²) in [6, 6.07) is 6.02. The van der Waals surface area contributed by atoms with Crippen molar-refractivity contribution in [3.05, 3.63) is 47.4 Å². The Hall–Kier alpha value is -1.76. The number of hydrogen-bond acceptors (Lipinski definition) is 5. The molecule has 0 radical (unpaired) electrons. The summed E-state index contributed by atoms with van der Waals surface area (Å²) in [6.45, 7) is 0. The first-order chi connectivity index (χ1) is 10.4. The molecule has 0 bridgehead atoms. The summed E-state index contributed by atoms with van der Waals surface area (Å²) < 4.78 is 41.5. The van der Waals surface area contributed by atoms with E-state index in [-0.39, 0.29) is 11.7 Å². The maximum atomic E-state index is 12.9. The van der Waals surface area contributed by atoms with Crippen LogP contribution in [0, 0.1) is 5.82 Å². The van der Waals surface area contributed by atoms with Crippen molar-refractivity contribution in [2.45, 2.75) is 36.9 Å². The zero-order valence-electron chi connectivity index (χ0n) is 12.3. The highest BCUT2D eigenvalue weighted by molar-refractivity contribution is 7.91. The van der Waals surface area contributed by atoms with E-state index in [9.17, 15) is 12.8 Å². The van der Waals surface area contributed by atoms with Crippen LogP contribution < -0.4 is 0 Å². The third kappa shape index (κ3) is 2.65. The molecule has 0 aliphatic heterocycles. The number of halogens is 1. The number of rotatable bonds is 4. The summed E-state index contributed by atoms with van der Waals surface area (Å²) in [5, 5.41) is 3.89. The van der Waals surface area contributed by atoms with Crippen molar-refractivity contribution >= 4 is 9.84 Å². The molecule has 1 aliphatic rings. The molecule has 0 atom stereocenters. The lowest BCUT2D eigenvalue weighted by Crippen LogP contribution is -2.32. The highest BCUT2D eigenvalue weighted by Gasteiger charge is 2.49. The van der Waals surface area contributed by atoms with Gasteiger partial charge in [-0.1, -0.05) is 30.1 Å². The van der Waals surface area contributed by atoms with Crippen molar-refractivity contribution in [1.29, 1.82) is 0 Å². The molecule has 5 nitrogen and oxygen atoms in total. The molecular weight excluding hydrogens is 307 g/mol. The summed E-state index contributed by atoms with van der Waals surface area (Å²) in [7, 11) is -3.33. The average molecular weight is 324 g/mol. The molecule has 1 fully saturated rings. The highest BCUT2D eigenvalue weighted by Crippen LogP contribution is 2.44. The van der Waals surface area contributed by atoms with Gasteiger partial charge in [0.15, 0.2) is 20.4 Å². The van der Waals surface area contributed by atoms with Crippen LogP contribution in [-0.4, -0.2) is 24.8 Å². The fraction of sp³-hybridized carbons (Fsp3) is 0.467. The van der Waals surface area contributed by atoms with E-state index in [4.69, 9.17) is 4.52 Å². The molecule has 0 amide bonds. The Morgan fingerprint density at radius 1 is 1.23 bits per heavy atom. The summed E-state index contributed by atoms with van der Waals surface area (Å²) in [5.74, 6) is 0.292. The van der Waals surface area contributed by atoms with E-state index in [0.717, 1.165) is 18.4 Å². The Kier molecular flexibility index (Phi) is 3.76. The minimum Gasteiger partial charge on any atom is -0.338 e. The van der Waals surface area contributed by atoms with Gasteiger partial charge in [0.05, 0.1) is 0 Å². The van der Waals surface area contributed by atoms with Crippen LogP contribution in [0.5, 0.6) is 0 Å². The fourth-order valence-corrected chi connectivity index (χ4v) is 4.42. The van der Waals surface area contributed by atoms with Crippen LogP contribution in [0.4, 0.5) is 4.39 Å². The smallest absolute Gasteiger partial charge is 0.248 e. The Morgan fingerprint density at radius 2 is 1.86 bits per heavy atom. The van der Waals surface area contributed by atoms with Gasteiger partial charge in [0, 0.05) is 12.7 Å². The van der Waals surface area contributed by atoms with Crippen LogP contribution >= 0.6 is 0 Å². The summed E-state index contributed by atoms with van der Waals surface area (Å²) in [4.78, 5) is 4.30. The topological polar surface area (TPSA) is 73.1 Å². The largest absolute Gasteiger partial charge is 0.338 e. The van der Waals surface area contributed by atoms with Gasteiger partial charge in [-0.05, 0) is 30.5 Å². The van der Waals surface area contributed by atoms with E-state index in [1.54, 1.807) is 12.1 Å². The number of sulfone groups is 1. The molecule has 22 heavy (non-hydrogen) atoms. The molecule has 1 aromatic carbocycles. The van der Waals surface area contributed by atoms with Gasteiger partial charge in [-0.3, -0.25) is 0 Å². The first-order valence-electron chi connectivity index (χ1n) is 7.18. The van der Waals surface area contributed by atoms with E-state index >= 15 is 0 Å². The molecule has 0 spiro atoms. The van der Waals surface area contributed by atoms with Gasteiger partial charge in [-0.2, -0.15) is 4.98 Å². The summed E-state index contributed by atoms with van der Waals surface area (Å²) >= 11 is 0. The Bertz CT molecular complexity index is 762. The Morgan fingerprint density at radius 3 is 2.45 bits per heavy atom. The minimum atomic E-state index is -3.33. The number of aromatic nitrogens is 2. The molecule has 2 aromatic rings. The molecular formula is C15H17FN2O3S. The third-order valence-electron chi connectivity index (χ3n) is 4.25. The van der Waals surface area contributed by atoms with Crippen molar-refractivity contribution in [2.75, 3.05) is 6.26 Å². The predicted octanol–water partition coefficient (Wildman–Crippen LogP) is 2.61. The van der Waals surface area contributed by atoms with E-state index in [1.807, 2.05) is 0 Å². The fourth-order valence-electron chi connectivity index (χ4n) is 2.99. The van der Waals surface area contributed by atoms with Crippen molar-refractivity contribution in [3.63, 3.8) is 0 Å². The van der Waals surface area contributed by atoms with Crippen molar-refractivity contribution < 1.29 is 17.3 Å². The molecule has 3 rings (SSSR count). The zero-order valence-corrected chi connectivity index (χ0v) is 13.1. The van der Waals surface area contributed by atoms with Crippen molar-refractivity contribution in [1.82, 2.24) is 10.1 Å². The number of hydrogen-bond donors (Lipinski definition) is 0. The molecule has 0 N–H and O–H groups in total. The van der Waals surface area contributed by atoms with Gasteiger partial charge >= 0.3 is 0 Å². The lowest BCUT2D eigenvalue weighted by molar-refractivity contribution is 0.328. The molecule has 7 heteroatoms. The summed E-state index contributed by atoms with van der Waals surface area (Å²) in [6.07, 6.45) is 4.31. The zero-order chi connectivity index (χ0) is 15.8. The normalized spacial score (nSPS) is 17.7. The minimum absolute atomic E-state index is 0.185. The van der Waals surface area contributed by atoms with Crippen LogP contribution in [0.2, 0.25) is 0 Å². The van der Waals surface area contributed by atoms with Gasteiger partial charge in [0.25, 0.3) is 0 Å². The molecule has 1 aromatic heterocycles. The van der Waals surface area contributed by atoms with Gasteiger partial charge in [0.1, 0.15) is 5.82 Å². The maximum absolute atomic E-state index is 12.9. The van der Waals surface area contributed by atoms with Gasteiger partial charge in [-0.25, -0.2) is 12.8 Å². The molecule has 1 heterocycles. The lowest BCUT2D eigenvalue weighted by Gasteiger charge is -2.21. The van der Waals surface area contributed by atoms with Crippen LogP contribution in [0.25, 0.3) is 0 Å². The summed E-state index contributed by atoms with van der Waals surface area (Å²) in [5.41, 5.74) is 0.841. The number of benzene rings is 1. The quantitative estimate of drug-likeness (QED) is 0.864.